The third-order valence-corrected chi connectivity index (χ3v) is 2.19. The number of nitrogens with two attached hydrogens (primary N) is 1. The number of nitrogens with zero attached hydrogens (tertiary/aromatic N) is 3. The summed E-state index contributed by atoms with van der Waals surface area (Å²) in [5, 5.41) is 3.63. The molecular formula is C11H11F3N4O2. The molecule has 0 fully saturated rings. The number of ether oxygens (including phenoxy) is 1. The minimum atomic E-state index is -4.34. The summed E-state index contributed by atoms with van der Waals surface area (Å²) in [6, 6.07) is 4.91. The molecule has 0 unspecified atom stereocenters. The van der Waals surface area contributed by atoms with Gasteiger partial charge in [0, 0.05) is 6.42 Å². The first kappa shape index (κ1) is 14.3. The summed E-state index contributed by atoms with van der Waals surface area (Å²) in [5.74, 6) is 0.699. The molecule has 9 heteroatoms. The number of hydrogen-bond donors (Lipinski definition) is 1. The van der Waals surface area contributed by atoms with Crippen molar-refractivity contribution in [3.63, 3.8) is 0 Å². The molecule has 0 spiro atoms. The van der Waals surface area contributed by atoms with Gasteiger partial charge in [0.15, 0.2) is 5.82 Å². The van der Waals surface area contributed by atoms with Crippen LogP contribution in [-0.4, -0.2) is 34.5 Å². The highest BCUT2D eigenvalue weighted by atomic mass is 19.4. The van der Waals surface area contributed by atoms with Gasteiger partial charge < -0.3 is 15.0 Å². The van der Waals surface area contributed by atoms with Crippen molar-refractivity contribution in [1.82, 2.24) is 15.1 Å². The second-order valence-corrected chi connectivity index (χ2v) is 3.88. The van der Waals surface area contributed by atoms with Crippen LogP contribution >= 0.6 is 0 Å². The summed E-state index contributed by atoms with van der Waals surface area (Å²) in [7, 11) is 0. The van der Waals surface area contributed by atoms with E-state index < -0.39 is 12.8 Å². The minimum absolute atomic E-state index is 0.113. The molecule has 2 rings (SSSR count). The number of halogens is 3. The molecule has 0 aliphatic carbocycles. The largest absolute Gasteiger partial charge is 0.411 e. The van der Waals surface area contributed by atoms with Gasteiger partial charge in [0.2, 0.25) is 0 Å². The van der Waals surface area contributed by atoms with E-state index in [0.29, 0.717) is 11.5 Å². The van der Waals surface area contributed by atoms with Crippen LogP contribution in [0.1, 0.15) is 5.82 Å². The lowest BCUT2D eigenvalue weighted by Gasteiger charge is -2.05. The maximum Gasteiger partial charge on any atom is 0.411 e. The van der Waals surface area contributed by atoms with E-state index in [1.807, 2.05) is 0 Å². The average Bonchev–Trinajstić information content (AvgIpc) is 2.82. The molecule has 108 valence electrons. The van der Waals surface area contributed by atoms with E-state index in [0.717, 1.165) is 0 Å². The van der Waals surface area contributed by atoms with Crippen LogP contribution in [0.4, 0.5) is 19.0 Å². The van der Waals surface area contributed by atoms with Crippen LogP contribution in [0, 0.1) is 0 Å². The van der Waals surface area contributed by atoms with E-state index >= 15 is 0 Å². The van der Waals surface area contributed by atoms with Crippen molar-refractivity contribution in [2.75, 3.05) is 18.9 Å². The predicted octanol–water partition coefficient (Wildman–Crippen LogP) is 1.84. The summed E-state index contributed by atoms with van der Waals surface area (Å²) in [6.45, 7) is -1.45. The highest BCUT2D eigenvalue weighted by Gasteiger charge is 2.27. The quantitative estimate of drug-likeness (QED) is 0.845. The van der Waals surface area contributed by atoms with Gasteiger partial charge in [0.25, 0.3) is 5.89 Å². The van der Waals surface area contributed by atoms with Crippen molar-refractivity contribution >= 4 is 5.82 Å². The van der Waals surface area contributed by atoms with Crippen LogP contribution in [0.25, 0.3) is 11.6 Å². The number of anilines is 1. The highest BCUT2D eigenvalue weighted by Crippen LogP contribution is 2.16. The molecule has 0 saturated heterocycles. The van der Waals surface area contributed by atoms with Crippen molar-refractivity contribution in [2.45, 2.75) is 12.6 Å². The SMILES string of the molecule is Nc1cccc(-c2nc(CCOCC(F)(F)F)no2)n1. The zero-order valence-electron chi connectivity index (χ0n) is 10.2. The van der Waals surface area contributed by atoms with E-state index in [4.69, 9.17) is 10.3 Å². The Balaban J connectivity index is 1.90. The fourth-order valence-corrected chi connectivity index (χ4v) is 1.38. The molecule has 2 aromatic rings. The van der Waals surface area contributed by atoms with Gasteiger partial charge in [-0.2, -0.15) is 18.2 Å². The van der Waals surface area contributed by atoms with Gasteiger partial charge in [-0.25, -0.2) is 4.98 Å². The van der Waals surface area contributed by atoms with E-state index in [1.54, 1.807) is 18.2 Å². The third kappa shape index (κ3) is 4.19. The van der Waals surface area contributed by atoms with Crippen LogP contribution in [0.3, 0.4) is 0 Å². The van der Waals surface area contributed by atoms with Gasteiger partial charge in [0.1, 0.15) is 18.1 Å². The lowest BCUT2D eigenvalue weighted by molar-refractivity contribution is -0.173. The molecule has 0 aromatic carbocycles. The predicted molar refractivity (Wildman–Crippen MR) is 62.5 cm³/mol. The van der Waals surface area contributed by atoms with Crippen molar-refractivity contribution in [3.8, 4) is 11.6 Å². The van der Waals surface area contributed by atoms with E-state index in [9.17, 15) is 13.2 Å². The van der Waals surface area contributed by atoms with Crippen LogP contribution in [0.5, 0.6) is 0 Å². The summed E-state index contributed by atoms with van der Waals surface area (Å²) in [6.07, 6.45) is -4.23. The Hall–Kier alpha value is -2.16. The van der Waals surface area contributed by atoms with Gasteiger partial charge in [-0.3, -0.25) is 0 Å². The number of rotatable bonds is 5. The highest BCUT2D eigenvalue weighted by molar-refractivity contribution is 5.49. The van der Waals surface area contributed by atoms with Gasteiger partial charge >= 0.3 is 6.18 Å². The average molecular weight is 288 g/mol. The second kappa shape index (κ2) is 5.87. The topological polar surface area (TPSA) is 87.1 Å². The standard InChI is InChI=1S/C11H11F3N4O2/c12-11(13,14)6-19-5-4-9-17-10(20-18-9)7-2-1-3-8(15)16-7/h1-3H,4-6H2,(H2,15,16). The Kier molecular flexibility index (Phi) is 4.18. The molecule has 20 heavy (non-hydrogen) atoms. The first-order valence-corrected chi connectivity index (χ1v) is 5.64. The van der Waals surface area contributed by atoms with Crippen molar-refractivity contribution < 1.29 is 22.4 Å². The lowest BCUT2D eigenvalue weighted by Crippen LogP contribution is -2.18. The lowest BCUT2D eigenvalue weighted by atomic mass is 10.3. The minimum Gasteiger partial charge on any atom is -0.384 e. The molecule has 2 aromatic heterocycles. The number of alkyl halides is 3. The fourth-order valence-electron chi connectivity index (χ4n) is 1.38. The second-order valence-electron chi connectivity index (χ2n) is 3.88. The Bertz CT molecular complexity index is 571. The molecule has 0 aliphatic heterocycles. The molecular weight excluding hydrogens is 277 g/mol. The van der Waals surface area contributed by atoms with E-state index in [-0.39, 0.29) is 24.7 Å². The fraction of sp³-hybridized carbons (Fsp3) is 0.364. The smallest absolute Gasteiger partial charge is 0.384 e. The van der Waals surface area contributed by atoms with E-state index in [1.165, 1.54) is 0 Å². The Morgan fingerprint density at radius 3 is 2.75 bits per heavy atom. The first-order chi connectivity index (χ1) is 9.44. The number of pyridine rings is 1. The molecule has 0 radical (unpaired) electrons. The maximum atomic E-state index is 11.8. The van der Waals surface area contributed by atoms with Crippen LogP contribution in [0.15, 0.2) is 22.7 Å². The molecule has 6 nitrogen and oxygen atoms in total. The Labute approximate surface area is 111 Å². The van der Waals surface area contributed by atoms with Crippen molar-refractivity contribution in [1.29, 1.82) is 0 Å². The van der Waals surface area contributed by atoms with Crippen molar-refractivity contribution in [3.05, 3.63) is 24.0 Å². The van der Waals surface area contributed by atoms with Gasteiger partial charge in [-0.05, 0) is 12.1 Å². The normalized spacial score (nSPS) is 11.8. The zero-order chi connectivity index (χ0) is 14.6. The summed E-state index contributed by atoms with van der Waals surface area (Å²) in [4.78, 5) is 7.99. The van der Waals surface area contributed by atoms with E-state index in [2.05, 4.69) is 19.9 Å². The van der Waals surface area contributed by atoms with Gasteiger partial charge in [-0.1, -0.05) is 11.2 Å². The molecule has 0 atom stereocenters. The first-order valence-electron chi connectivity index (χ1n) is 5.64. The van der Waals surface area contributed by atoms with Crippen LogP contribution in [-0.2, 0) is 11.2 Å². The molecule has 2 heterocycles. The third-order valence-electron chi connectivity index (χ3n) is 2.19. The molecule has 0 bridgehead atoms. The number of nitrogen functional groups attached to an aromatic ring is 1. The number of hydrogen-bond acceptors (Lipinski definition) is 6. The van der Waals surface area contributed by atoms with Crippen LogP contribution < -0.4 is 5.73 Å². The van der Waals surface area contributed by atoms with Gasteiger partial charge in [-0.15, -0.1) is 0 Å². The van der Waals surface area contributed by atoms with Gasteiger partial charge in [0.05, 0.1) is 6.61 Å². The summed E-state index contributed by atoms with van der Waals surface area (Å²) < 4.78 is 45.0. The van der Waals surface area contributed by atoms with Crippen molar-refractivity contribution in [2.24, 2.45) is 0 Å². The maximum absolute atomic E-state index is 11.8. The Morgan fingerprint density at radius 2 is 2.05 bits per heavy atom. The molecule has 0 saturated carbocycles. The molecule has 0 aliphatic rings. The molecule has 2 N–H and O–H groups in total. The Morgan fingerprint density at radius 1 is 1.25 bits per heavy atom. The number of aromatic nitrogens is 3. The summed E-state index contributed by atoms with van der Waals surface area (Å²) >= 11 is 0. The monoisotopic (exact) mass is 288 g/mol. The molecule has 0 amide bonds. The van der Waals surface area contributed by atoms with Crippen LogP contribution in [0.2, 0.25) is 0 Å². The zero-order valence-corrected chi connectivity index (χ0v) is 10.2. The summed E-state index contributed by atoms with van der Waals surface area (Å²) in [5.41, 5.74) is 5.92.